The minimum Gasteiger partial charge on any atom is -0.461 e. The highest BCUT2D eigenvalue weighted by Gasteiger charge is 2.45. The smallest absolute Gasteiger partial charge is 0.319 e. The van der Waals surface area contributed by atoms with E-state index in [-0.39, 0.29) is 45.7 Å². The Kier molecular flexibility index (Phi) is 7.15. The number of carbonyl (C=O) groups excluding carboxylic acids is 1. The van der Waals surface area contributed by atoms with Gasteiger partial charge in [0.2, 0.25) is 5.91 Å². The summed E-state index contributed by atoms with van der Waals surface area (Å²) >= 11 is 0. The average Bonchev–Trinajstić information content (AvgIpc) is 3.76. The lowest BCUT2D eigenvalue weighted by Gasteiger charge is -2.31. The van der Waals surface area contributed by atoms with E-state index in [4.69, 9.17) is 9.72 Å². The highest BCUT2D eigenvalue weighted by Crippen LogP contribution is 2.40. The molecule has 3 aliphatic rings. The Bertz CT molecular complexity index is 1790. The maximum atomic E-state index is 16.6. The molecule has 0 aliphatic carbocycles. The highest BCUT2D eigenvalue weighted by molar-refractivity contribution is 5.99. The quantitative estimate of drug-likeness (QED) is 0.259. The predicted molar refractivity (Wildman–Crippen MR) is 162 cm³/mol. The van der Waals surface area contributed by atoms with Gasteiger partial charge in [-0.25, -0.2) is 13.2 Å². The van der Waals surface area contributed by atoms with Crippen molar-refractivity contribution in [1.29, 1.82) is 0 Å². The van der Waals surface area contributed by atoms with E-state index >= 15 is 8.78 Å². The Hall–Kier alpha value is -4.25. The molecular weight excluding hydrogens is 569 g/mol. The minimum absolute atomic E-state index is 0.00871. The average molecular weight is 603 g/mol. The lowest BCUT2D eigenvalue weighted by Crippen LogP contribution is -2.43. The molecule has 8 nitrogen and oxygen atoms in total. The molecule has 0 saturated carbocycles. The number of benzene rings is 2. The standard InChI is InChI=1S/C33H33F3N6O2/c1-3-26(43)41-14-9-22(18-41)40(2)31-24-17-37-29(23-8-4-7-20-15-21(34)16-25(35)27(20)23)28(36)30(24)38-32(39-31)44-19-33-10-5-12-42(33)13-6-11-33/h3-4,7-8,15-17,22H,1,5-6,9-14,18-19H2,2H3. The van der Waals surface area contributed by atoms with E-state index < -0.39 is 17.5 Å². The summed E-state index contributed by atoms with van der Waals surface area (Å²) in [4.78, 5) is 32.1. The first kappa shape index (κ1) is 28.5. The van der Waals surface area contributed by atoms with Crippen molar-refractivity contribution in [2.24, 2.45) is 0 Å². The number of amides is 1. The number of likely N-dealkylation sites (N-methyl/N-ethyl adjacent to an activating group) is 1. The van der Waals surface area contributed by atoms with Crippen LogP contribution in [0.5, 0.6) is 6.01 Å². The lowest BCUT2D eigenvalue weighted by atomic mass is 9.95. The van der Waals surface area contributed by atoms with E-state index in [9.17, 15) is 9.18 Å². The van der Waals surface area contributed by atoms with Crippen LogP contribution in [0.3, 0.4) is 0 Å². The zero-order valence-electron chi connectivity index (χ0n) is 24.5. The van der Waals surface area contributed by atoms with Crippen molar-refractivity contribution < 1.29 is 22.7 Å². The van der Waals surface area contributed by atoms with Crippen LogP contribution in [0.2, 0.25) is 0 Å². The molecule has 0 radical (unpaired) electrons. The van der Waals surface area contributed by atoms with Crippen molar-refractivity contribution >= 4 is 33.4 Å². The molecule has 1 atom stereocenters. The van der Waals surface area contributed by atoms with Crippen LogP contribution < -0.4 is 9.64 Å². The SMILES string of the molecule is C=CC(=O)N1CCC(N(C)c2nc(OCC34CCCN3CCC4)nc3c(F)c(-c4cccc5cc(F)cc(F)c45)ncc23)C1. The van der Waals surface area contributed by atoms with E-state index in [1.54, 1.807) is 23.1 Å². The minimum atomic E-state index is -0.805. The van der Waals surface area contributed by atoms with Gasteiger partial charge in [0.05, 0.1) is 10.9 Å². The zero-order valence-corrected chi connectivity index (χ0v) is 24.5. The third kappa shape index (κ3) is 4.74. The number of fused-ring (bicyclic) bond motifs is 3. The molecule has 11 heteroatoms. The van der Waals surface area contributed by atoms with Crippen LogP contribution in [-0.4, -0.2) is 82.1 Å². The van der Waals surface area contributed by atoms with Gasteiger partial charge in [0.25, 0.3) is 0 Å². The van der Waals surface area contributed by atoms with Crippen molar-refractivity contribution in [2.45, 2.75) is 43.7 Å². The van der Waals surface area contributed by atoms with Gasteiger partial charge in [-0.1, -0.05) is 24.8 Å². The zero-order chi connectivity index (χ0) is 30.6. The van der Waals surface area contributed by atoms with Crippen molar-refractivity contribution in [3.63, 3.8) is 0 Å². The number of ether oxygens (including phenoxy) is 1. The fraction of sp³-hybridized carbons (Fsp3) is 0.394. The number of pyridine rings is 1. The fourth-order valence-corrected chi connectivity index (χ4v) is 7.30. The summed E-state index contributed by atoms with van der Waals surface area (Å²) in [5, 5.41) is 0.732. The molecule has 228 valence electrons. The summed E-state index contributed by atoms with van der Waals surface area (Å²) in [5.41, 5.74) is 0.00709. The Morgan fingerprint density at radius 3 is 2.73 bits per heavy atom. The number of halogens is 3. The van der Waals surface area contributed by atoms with Gasteiger partial charge < -0.3 is 14.5 Å². The normalized spacial score (nSPS) is 19.5. The van der Waals surface area contributed by atoms with Gasteiger partial charge in [-0.15, -0.1) is 0 Å². The molecule has 4 aromatic rings. The van der Waals surface area contributed by atoms with E-state index in [2.05, 4.69) is 21.4 Å². The number of hydrogen-bond donors (Lipinski definition) is 0. The largest absolute Gasteiger partial charge is 0.461 e. The second kappa shape index (κ2) is 11.0. The maximum Gasteiger partial charge on any atom is 0.319 e. The van der Waals surface area contributed by atoms with E-state index in [0.717, 1.165) is 44.8 Å². The van der Waals surface area contributed by atoms with Crippen LogP contribution in [0.25, 0.3) is 32.9 Å². The van der Waals surface area contributed by atoms with E-state index in [0.29, 0.717) is 42.7 Å². The first-order valence-corrected chi connectivity index (χ1v) is 15.0. The lowest BCUT2D eigenvalue weighted by molar-refractivity contribution is -0.125. The highest BCUT2D eigenvalue weighted by atomic mass is 19.1. The van der Waals surface area contributed by atoms with Gasteiger partial charge in [0, 0.05) is 49.4 Å². The number of nitrogens with zero attached hydrogens (tertiary/aromatic N) is 6. The topological polar surface area (TPSA) is 74.7 Å². The van der Waals surface area contributed by atoms with Gasteiger partial charge in [-0.3, -0.25) is 14.7 Å². The van der Waals surface area contributed by atoms with Gasteiger partial charge in [0.15, 0.2) is 5.82 Å². The van der Waals surface area contributed by atoms with Gasteiger partial charge in [-0.05, 0) is 62.7 Å². The summed E-state index contributed by atoms with van der Waals surface area (Å²) in [6, 6.07) is 6.69. The summed E-state index contributed by atoms with van der Waals surface area (Å²) in [6.45, 7) is 7.08. The van der Waals surface area contributed by atoms with Crippen LogP contribution in [0.15, 0.2) is 49.2 Å². The van der Waals surface area contributed by atoms with Crippen LogP contribution in [0.4, 0.5) is 19.0 Å². The predicted octanol–water partition coefficient (Wildman–Crippen LogP) is 5.49. The molecule has 3 aliphatic heterocycles. The number of rotatable bonds is 7. The van der Waals surface area contributed by atoms with Gasteiger partial charge in [0.1, 0.15) is 35.3 Å². The molecule has 1 amide bonds. The molecule has 0 N–H and O–H groups in total. The molecule has 44 heavy (non-hydrogen) atoms. The second-order valence-corrected chi connectivity index (χ2v) is 12.1. The van der Waals surface area contributed by atoms with Crippen LogP contribution >= 0.6 is 0 Å². The number of carbonyl (C=O) groups is 1. The first-order chi connectivity index (χ1) is 21.3. The molecule has 0 spiro atoms. The fourth-order valence-electron chi connectivity index (χ4n) is 7.30. The number of aromatic nitrogens is 3. The maximum absolute atomic E-state index is 16.6. The van der Waals surface area contributed by atoms with Crippen LogP contribution in [-0.2, 0) is 4.79 Å². The monoisotopic (exact) mass is 602 g/mol. The summed E-state index contributed by atoms with van der Waals surface area (Å²) in [7, 11) is 1.85. The second-order valence-electron chi connectivity index (χ2n) is 12.1. The Morgan fingerprint density at radius 2 is 1.95 bits per heavy atom. The van der Waals surface area contributed by atoms with Crippen molar-refractivity contribution in [1.82, 2.24) is 24.8 Å². The first-order valence-electron chi connectivity index (χ1n) is 15.0. The molecule has 0 bridgehead atoms. The van der Waals surface area contributed by atoms with Crippen molar-refractivity contribution in [3.05, 3.63) is 66.6 Å². The summed E-state index contributed by atoms with van der Waals surface area (Å²) < 4.78 is 51.9. The molecular formula is C33H33F3N6O2. The summed E-state index contributed by atoms with van der Waals surface area (Å²) in [5.74, 6) is -1.99. The Labute approximate surface area is 253 Å². The van der Waals surface area contributed by atoms with Gasteiger partial charge >= 0.3 is 6.01 Å². The summed E-state index contributed by atoms with van der Waals surface area (Å²) in [6.07, 6.45) is 7.74. The Balaban J connectivity index is 1.33. The molecule has 7 rings (SSSR count). The van der Waals surface area contributed by atoms with Crippen LogP contribution in [0, 0.1) is 17.5 Å². The molecule has 2 aromatic carbocycles. The van der Waals surface area contributed by atoms with E-state index in [1.807, 2.05) is 11.9 Å². The molecule has 2 aromatic heterocycles. The number of likely N-dealkylation sites (tertiary alicyclic amines) is 1. The molecule has 1 unspecified atom stereocenters. The van der Waals surface area contributed by atoms with Crippen molar-refractivity contribution in [3.8, 4) is 17.3 Å². The van der Waals surface area contributed by atoms with Crippen LogP contribution in [0.1, 0.15) is 32.1 Å². The van der Waals surface area contributed by atoms with Crippen molar-refractivity contribution in [2.75, 3.05) is 44.7 Å². The van der Waals surface area contributed by atoms with E-state index in [1.165, 1.54) is 18.3 Å². The van der Waals surface area contributed by atoms with Gasteiger partial charge in [-0.2, -0.15) is 9.97 Å². The number of hydrogen-bond acceptors (Lipinski definition) is 7. The molecule has 5 heterocycles. The molecule has 3 fully saturated rings. The number of anilines is 1. The third-order valence-electron chi connectivity index (χ3n) is 9.60. The Morgan fingerprint density at radius 1 is 1.16 bits per heavy atom. The molecule has 3 saturated heterocycles. The third-order valence-corrected chi connectivity index (χ3v) is 9.60.